The van der Waals surface area contributed by atoms with Crippen LogP contribution in [0.25, 0.3) is 0 Å². The van der Waals surface area contributed by atoms with E-state index in [1.165, 1.54) is 24.5 Å². The van der Waals surface area contributed by atoms with E-state index in [0.717, 1.165) is 0 Å². The molecule has 1 unspecified atom stereocenters. The predicted octanol–water partition coefficient (Wildman–Crippen LogP) is 3.34. The third-order valence-corrected chi connectivity index (χ3v) is 3.52. The fourth-order valence-corrected chi connectivity index (χ4v) is 2.36. The summed E-state index contributed by atoms with van der Waals surface area (Å²) in [7, 11) is 0. The molecule has 1 aromatic carbocycles. The lowest BCUT2D eigenvalue weighted by atomic mass is 10.0. The number of nitrogens with zero attached hydrogens (tertiary/aromatic N) is 1. The molecule has 0 bridgehead atoms. The summed E-state index contributed by atoms with van der Waals surface area (Å²) in [6, 6.07) is 15.5. The molecule has 1 heterocycles. The highest BCUT2D eigenvalue weighted by Crippen LogP contribution is 2.42. The first-order valence-corrected chi connectivity index (χ1v) is 6.76. The molecule has 0 amide bonds. The molecular weight excluding hydrogens is 252 g/mol. The zero-order valence-electron chi connectivity index (χ0n) is 11.0. The van der Waals surface area contributed by atoms with Gasteiger partial charge in [0.25, 0.3) is 0 Å². The van der Waals surface area contributed by atoms with Crippen molar-refractivity contribution < 1.29 is 9.90 Å². The van der Waals surface area contributed by atoms with Crippen LogP contribution in [0.5, 0.6) is 0 Å². The summed E-state index contributed by atoms with van der Waals surface area (Å²) in [5.74, 6) is 0.217. The molecule has 3 rings (SSSR count). The van der Waals surface area contributed by atoms with E-state index in [1.807, 2.05) is 24.3 Å². The summed E-state index contributed by atoms with van der Waals surface area (Å²) in [5, 5.41) is 12.4. The molecule has 4 nitrogen and oxygen atoms in total. The van der Waals surface area contributed by atoms with Gasteiger partial charge in [-0.25, -0.2) is 9.78 Å². The zero-order chi connectivity index (χ0) is 13.9. The molecule has 1 aliphatic carbocycles. The monoisotopic (exact) mass is 268 g/mol. The Kier molecular flexibility index (Phi) is 3.37. The minimum absolute atomic E-state index is 0.0672. The number of rotatable bonds is 5. The normalized spacial score (nSPS) is 15.6. The number of nitrogens with one attached hydrogen (secondary N) is 1. The number of aromatic carboxylic acids is 1. The number of anilines is 1. The molecule has 4 heteroatoms. The summed E-state index contributed by atoms with van der Waals surface area (Å²) in [5.41, 5.74) is 1.29. The van der Waals surface area contributed by atoms with Crippen molar-refractivity contribution in [2.24, 2.45) is 5.92 Å². The predicted molar refractivity (Wildman–Crippen MR) is 76.7 cm³/mol. The van der Waals surface area contributed by atoms with Gasteiger partial charge >= 0.3 is 5.97 Å². The van der Waals surface area contributed by atoms with Gasteiger partial charge < -0.3 is 10.4 Å². The van der Waals surface area contributed by atoms with Crippen molar-refractivity contribution in [3.63, 3.8) is 0 Å². The first-order valence-electron chi connectivity index (χ1n) is 6.76. The first-order chi connectivity index (χ1) is 9.74. The number of benzene rings is 1. The van der Waals surface area contributed by atoms with Gasteiger partial charge in [-0.2, -0.15) is 0 Å². The highest BCUT2D eigenvalue weighted by Gasteiger charge is 2.32. The molecule has 1 aromatic heterocycles. The van der Waals surface area contributed by atoms with E-state index >= 15 is 0 Å². The fourth-order valence-electron chi connectivity index (χ4n) is 2.36. The maximum atomic E-state index is 11.0. The minimum Gasteiger partial charge on any atom is -0.477 e. The van der Waals surface area contributed by atoms with Crippen molar-refractivity contribution in [1.82, 2.24) is 4.98 Å². The first kappa shape index (κ1) is 12.7. The third kappa shape index (κ3) is 2.79. The molecule has 0 spiro atoms. The van der Waals surface area contributed by atoms with Crippen LogP contribution in [0.4, 0.5) is 5.82 Å². The Morgan fingerprint density at radius 1 is 1.15 bits per heavy atom. The Balaban J connectivity index is 1.84. The zero-order valence-corrected chi connectivity index (χ0v) is 11.0. The van der Waals surface area contributed by atoms with Crippen LogP contribution in [0.2, 0.25) is 0 Å². The average Bonchev–Trinajstić information content (AvgIpc) is 3.30. The second-order valence-corrected chi connectivity index (χ2v) is 5.08. The maximum absolute atomic E-state index is 11.0. The van der Waals surface area contributed by atoms with E-state index < -0.39 is 5.97 Å². The second-order valence-electron chi connectivity index (χ2n) is 5.08. The second kappa shape index (κ2) is 5.33. The standard InChI is InChI=1S/C16H16N2O2/c19-16(20)13-7-4-8-14(17-13)18-15(12-9-10-12)11-5-2-1-3-6-11/h1-8,12,15H,9-10H2,(H,17,18)(H,19,20). The van der Waals surface area contributed by atoms with Gasteiger partial charge in [0.05, 0.1) is 6.04 Å². The lowest BCUT2D eigenvalue weighted by Gasteiger charge is -2.19. The van der Waals surface area contributed by atoms with Gasteiger partial charge in [-0.1, -0.05) is 36.4 Å². The summed E-state index contributed by atoms with van der Waals surface area (Å²) < 4.78 is 0. The average molecular weight is 268 g/mol. The Morgan fingerprint density at radius 2 is 1.90 bits per heavy atom. The summed E-state index contributed by atoms with van der Waals surface area (Å²) in [6.45, 7) is 0. The molecule has 20 heavy (non-hydrogen) atoms. The number of carboxylic acid groups (broad SMARTS) is 1. The quantitative estimate of drug-likeness (QED) is 0.873. The van der Waals surface area contributed by atoms with Crippen LogP contribution in [-0.2, 0) is 0 Å². The SMILES string of the molecule is O=C(O)c1cccc(NC(c2ccccc2)C2CC2)n1. The highest BCUT2D eigenvalue weighted by molar-refractivity contribution is 5.85. The Bertz CT molecular complexity index is 609. The van der Waals surface area contributed by atoms with Crippen LogP contribution in [-0.4, -0.2) is 16.1 Å². The summed E-state index contributed by atoms with van der Waals surface area (Å²) in [6.07, 6.45) is 2.40. The molecule has 2 aromatic rings. The van der Waals surface area contributed by atoms with Gasteiger partial charge in [0.2, 0.25) is 0 Å². The third-order valence-electron chi connectivity index (χ3n) is 3.52. The van der Waals surface area contributed by atoms with Crippen LogP contribution in [0.3, 0.4) is 0 Å². The Morgan fingerprint density at radius 3 is 2.55 bits per heavy atom. The van der Waals surface area contributed by atoms with E-state index in [-0.39, 0.29) is 11.7 Å². The molecule has 1 aliphatic rings. The van der Waals surface area contributed by atoms with Crippen molar-refractivity contribution >= 4 is 11.8 Å². The highest BCUT2D eigenvalue weighted by atomic mass is 16.4. The van der Waals surface area contributed by atoms with Gasteiger partial charge in [-0.15, -0.1) is 0 Å². The number of carboxylic acids is 1. The number of aromatic nitrogens is 1. The molecule has 2 N–H and O–H groups in total. The largest absolute Gasteiger partial charge is 0.477 e. The molecule has 0 aliphatic heterocycles. The van der Waals surface area contributed by atoms with Gasteiger partial charge in [-0.05, 0) is 36.5 Å². The number of pyridine rings is 1. The van der Waals surface area contributed by atoms with Crippen LogP contribution in [0, 0.1) is 5.92 Å². The van der Waals surface area contributed by atoms with Crippen molar-refractivity contribution in [3.05, 3.63) is 59.8 Å². The van der Waals surface area contributed by atoms with Crippen LogP contribution < -0.4 is 5.32 Å². The fraction of sp³-hybridized carbons (Fsp3) is 0.250. The van der Waals surface area contributed by atoms with Gasteiger partial charge in [0.15, 0.2) is 5.69 Å². The minimum atomic E-state index is -1.00. The number of hydrogen-bond acceptors (Lipinski definition) is 3. The number of hydrogen-bond donors (Lipinski definition) is 2. The molecule has 102 valence electrons. The van der Waals surface area contributed by atoms with E-state index in [1.54, 1.807) is 6.07 Å². The van der Waals surface area contributed by atoms with Crippen LogP contribution >= 0.6 is 0 Å². The molecular formula is C16H16N2O2. The molecule has 0 saturated heterocycles. The van der Waals surface area contributed by atoms with Gasteiger partial charge in [0.1, 0.15) is 5.82 Å². The van der Waals surface area contributed by atoms with Crippen LogP contribution in [0.1, 0.15) is 34.9 Å². The van der Waals surface area contributed by atoms with Crippen molar-refractivity contribution in [3.8, 4) is 0 Å². The lowest BCUT2D eigenvalue weighted by Crippen LogP contribution is -2.14. The lowest BCUT2D eigenvalue weighted by molar-refractivity contribution is 0.0690. The Hall–Kier alpha value is -2.36. The topological polar surface area (TPSA) is 62.2 Å². The number of carbonyl (C=O) groups is 1. The maximum Gasteiger partial charge on any atom is 0.354 e. The van der Waals surface area contributed by atoms with Gasteiger partial charge in [-0.3, -0.25) is 0 Å². The van der Waals surface area contributed by atoms with E-state index in [9.17, 15) is 4.79 Å². The summed E-state index contributed by atoms with van der Waals surface area (Å²) in [4.78, 5) is 15.1. The molecule has 1 saturated carbocycles. The molecule has 1 atom stereocenters. The van der Waals surface area contributed by atoms with E-state index in [2.05, 4.69) is 22.4 Å². The van der Waals surface area contributed by atoms with E-state index in [4.69, 9.17) is 5.11 Å². The van der Waals surface area contributed by atoms with E-state index in [0.29, 0.717) is 11.7 Å². The van der Waals surface area contributed by atoms with Crippen molar-refractivity contribution in [2.75, 3.05) is 5.32 Å². The van der Waals surface area contributed by atoms with Crippen molar-refractivity contribution in [2.45, 2.75) is 18.9 Å². The molecule has 1 fully saturated rings. The van der Waals surface area contributed by atoms with Crippen LogP contribution in [0.15, 0.2) is 48.5 Å². The van der Waals surface area contributed by atoms with Crippen molar-refractivity contribution in [1.29, 1.82) is 0 Å². The summed E-state index contributed by atoms with van der Waals surface area (Å²) >= 11 is 0. The van der Waals surface area contributed by atoms with Gasteiger partial charge in [0, 0.05) is 0 Å². The molecule has 0 radical (unpaired) electrons. The Labute approximate surface area is 117 Å². The smallest absolute Gasteiger partial charge is 0.354 e.